The van der Waals surface area contributed by atoms with Crippen molar-refractivity contribution in [2.24, 2.45) is 0 Å². The highest BCUT2D eigenvalue weighted by Gasteiger charge is 2.33. The highest BCUT2D eigenvalue weighted by molar-refractivity contribution is 6.05. The molecule has 0 aliphatic carbocycles. The predicted molar refractivity (Wildman–Crippen MR) is 159 cm³/mol. The fraction of sp³-hybridized carbons (Fsp3) is 0.367. The molecule has 14 heteroatoms. The standard InChI is InChI=1S/C30H31F2N9O3/c1-43-26-15-22-25(44-13-8-33-22)16-24(26)41-23-14-21(19-18-37-40-10-3-6-34-28(19)40)36-17-20(23)27(38-41)29(42)35-7-2-9-39-11-4-30(31,32)5-12-39/h3,6,10,14-18,33H,2,4-5,7-9,11-13H2,1H3,(H,35,42). The molecule has 0 spiro atoms. The molecular weight excluding hydrogens is 572 g/mol. The lowest BCUT2D eigenvalue weighted by atomic mass is 10.1. The van der Waals surface area contributed by atoms with Gasteiger partial charge >= 0.3 is 0 Å². The predicted octanol–water partition coefficient (Wildman–Crippen LogP) is 3.79. The second-order valence-corrected chi connectivity index (χ2v) is 10.9. The van der Waals surface area contributed by atoms with Crippen molar-refractivity contribution in [1.29, 1.82) is 0 Å². The summed E-state index contributed by atoms with van der Waals surface area (Å²) in [4.78, 5) is 24.6. The third-order valence-corrected chi connectivity index (χ3v) is 8.04. The molecule has 0 radical (unpaired) electrons. The normalized spacial score (nSPS) is 16.3. The number of anilines is 1. The van der Waals surface area contributed by atoms with E-state index in [9.17, 15) is 13.6 Å². The number of hydrogen-bond acceptors (Lipinski definition) is 9. The maximum atomic E-state index is 13.5. The van der Waals surface area contributed by atoms with E-state index in [-0.39, 0.29) is 24.4 Å². The van der Waals surface area contributed by atoms with Crippen molar-refractivity contribution in [3.05, 3.63) is 54.7 Å². The van der Waals surface area contributed by atoms with Crippen molar-refractivity contribution in [2.75, 3.05) is 51.8 Å². The molecule has 44 heavy (non-hydrogen) atoms. The van der Waals surface area contributed by atoms with Crippen LogP contribution in [0.5, 0.6) is 11.5 Å². The third kappa shape index (κ3) is 5.25. The van der Waals surface area contributed by atoms with E-state index in [0.29, 0.717) is 85.2 Å². The van der Waals surface area contributed by atoms with E-state index in [2.05, 4.69) is 25.7 Å². The number of fused-ring (bicyclic) bond motifs is 3. The second-order valence-electron chi connectivity index (χ2n) is 10.9. The van der Waals surface area contributed by atoms with Crippen LogP contribution in [0.25, 0.3) is 33.5 Å². The molecule has 4 aromatic heterocycles. The molecule has 5 aromatic rings. The maximum Gasteiger partial charge on any atom is 0.272 e. The number of ether oxygens (including phenoxy) is 2. The number of piperidine rings is 1. The van der Waals surface area contributed by atoms with Gasteiger partial charge in [-0.15, -0.1) is 0 Å². The number of carbonyl (C=O) groups excluding carboxylic acids is 1. The monoisotopic (exact) mass is 603 g/mol. The van der Waals surface area contributed by atoms with Crippen molar-refractivity contribution in [1.82, 2.24) is 39.6 Å². The molecule has 228 valence electrons. The van der Waals surface area contributed by atoms with Crippen LogP contribution >= 0.6 is 0 Å². The summed E-state index contributed by atoms with van der Waals surface area (Å²) < 4.78 is 42.0. The minimum Gasteiger partial charge on any atom is -0.494 e. The fourth-order valence-electron chi connectivity index (χ4n) is 5.69. The first kappa shape index (κ1) is 28.0. The molecule has 7 rings (SSSR count). The first-order chi connectivity index (χ1) is 21.4. The first-order valence-corrected chi connectivity index (χ1v) is 14.6. The summed E-state index contributed by atoms with van der Waals surface area (Å²) in [5.41, 5.74) is 4.22. The van der Waals surface area contributed by atoms with E-state index in [1.165, 1.54) is 0 Å². The number of carbonyl (C=O) groups is 1. The number of amides is 1. The number of hydrogen-bond donors (Lipinski definition) is 2. The van der Waals surface area contributed by atoms with Gasteiger partial charge in [-0.2, -0.15) is 10.2 Å². The van der Waals surface area contributed by atoms with Gasteiger partial charge in [0.2, 0.25) is 0 Å². The smallest absolute Gasteiger partial charge is 0.272 e. The number of methoxy groups -OCH3 is 1. The summed E-state index contributed by atoms with van der Waals surface area (Å²) in [6.45, 7) is 2.91. The molecule has 1 fully saturated rings. The van der Waals surface area contributed by atoms with Crippen LogP contribution in [0.3, 0.4) is 0 Å². The number of nitrogens with zero attached hydrogens (tertiary/aromatic N) is 7. The zero-order valence-electron chi connectivity index (χ0n) is 24.1. The number of halogens is 2. The Kier molecular flexibility index (Phi) is 7.20. The molecular formula is C30H31F2N9O3. The Hall–Kier alpha value is -4.85. The van der Waals surface area contributed by atoms with E-state index < -0.39 is 5.92 Å². The molecule has 0 saturated carbocycles. The lowest BCUT2D eigenvalue weighted by molar-refractivity contribution is -0.0550. The summed E-state index contributed by atoms with van der Waals surface area (Å²) in [5, 5.41) is 16.0. The van der Waals surface area contributed by atoms with Crippen molar-refractivity contribution < 1.29 is 23.0 Å². The highest BCUT2D eigenvalue weighted by atomic mass is 19.3. The van der Waals surface area contributed by atoms with E-state index >= 15 is 0 Å². The Bertz CT molecular complexity index is 1840. The number of nitrogens with one attached hydrogen (secondary N) is 2. The Balaban J connectivity index is 1.22. The van der Waals surface area contributed by atoms with E-state index in [0.717, 1.165) is 11.3 Å². The Labute approximate surface area is 251 Å². The topological polar surface area (TPSA) is 124 Å². The van der Waals surface area contributed by atoms with Crippen molar-refractivity contribution in [3.63, 3.8) is 0 Å². The van der Waals surface area contributed by atoms with Crippen molar-refractivity contribution in [3.8, 4) is 28.4 Å². The number of aromatic nitrogens is 6. The van der Waals surface area contributed by atoms with Crippen LogP contribution in [0.2, 0.25) is 0 Å². The number of likely N-dealkylation sites (tertiary alicyclic amines) is 1. The van der Waals surface area contributed by atoms with Gasteiger partial charge in [-0.05, 0) is 25.1 Å². The van der Waals surface area contributed by atoms with Gasteiger partial charge in [0, 0.05) is 69.7 Å². The largest absolute Gasteiger partial charge is 0.494 e. The Morgan fingerprint density at radius 2 is 2.05 bits per heavy atom. The Morgan fingerprint density at radius 1 is 1.18 bits per heavy atom. The highest BCUT2D eigenvalue weighted by Crippen LogP contribution is 2.38. The average molecular weight is 604 g/mol. The number of alkyl halides is 2. The molecule has 6 heterocycles. The van der Waals surface area contributed by atoms with Gasteiger partial charge in [-0.1, -0.05) is 0 Å². The Morgan fingerprint density at radius 3 is 2.89 bits per heavy atom. The molecule has 1 saturated heterocycles. The zero-order valence-corrected chi connectivity index (χ0v) is 24.1. The summed E-state index contributed by atoms with van der Waals surface area (Å²) in [5.74, 6) is -1.75. The molecule has 1 aromatic carbocycles. The molecule has 0 unspecified atom stereocenters. The van der Waals surface area contributed by atoms with Crippen LogP contribution in [-0.2, 0) is 0 Å². The quantitative estimate of drug-likeness (QED) is 0.255. The van der Waals surface area contributed by atoms with E-state index in [4.69, 9.17) is 14.6 Å². The van der Waals surface area contributed by atoms with Gasteiger partial charge in [0.1, 0.15) is 23.8 Å². The summed E-state index contributed by atoms with van der Waals surface area (Å²) in [6.07, 6.45) is 7.21. The fourth-order valence-corrected chi connectivity index (χ4v) is 5.69. The van der Waals surface area contributed by atoms with Gasteiger partial charge in [0.25, 0.3) is 11.8 Å². The second kappa shape index (κ2) is 11.3. The van der Waals surface area contributed by atoms with Crippen LogP contribution in [0.1, 0.15) is 29.8 Å². The molecule has 2 aliphatic rings. The van der Waals surface area contributed by atoms with Crippen LogP contribution in [0.4, 0.5) is 14.5 Å². The minimum atomic E-state index is -2.58. The molecule has 0 bridgehead atoms. The lowest BCUT2D eigenvalue weighted by Crippen LogP contribution is -2.40. The summed E-state index contributed by atoms with van der Waals surface area (Å²) in [6, 6.07) is 7.35. The minimum absolute atomic E-state index is 0.129. The summed E-state index contributed by atoms with van der Waals surface area (Å²) >= 11 is 0. The first-order valence-electron chi connectivity index (χ1n) is 14.6. The van der Waals surface area contributed by atoms with Gasteiger partial charge < -0.3 is 25.0 Å². The third-order valence-electron chi connectivity index (χ3n) is 8.04. The van der Waals surface area contributed by atoms with Gasteiger partial charge in [0.15, 0.2) is 11.3 Å². The molecule has 1 amide bonds. The van der Waals surface area contributed by atoms with E-state index in [1.54, 1.807) is 41.0 Å². The summed E-state index contributed by atoms with van der Waals surface area (Å²) in [7, 11) is 1.58. The lowest BCUT2D eigenvalue weighted by Gasteiger charge is -2.31. The van der Waals surface area contributed by atoms with E-state index in [1.807, 2.05) is 29.3 Å². The van der Waals surface area contributed by atoms with Crippen LogP contribution in [-0.4, -0.2) is 92.5 Å². The molecule has 12 nitrogen and oxygen atoms in total. The van der Waals surface area contributed by atoms with Crippen LogP contribution in [0.15, 0.2) is 49.1 Å². The van der Waals surface area contributed by atoms with Crippen molar-refractivity contribution in [2.45, 2.75) is 25.2 Å². The SMILES string of the molecule is COc1cc2c(cc1-n1nc(C(=O)NCCCN3CCC(F)(F)CC3)c3cnc(-c4cnn5cccnc45)cc31)OCCN2. The van der Waals surface area contributed by atoms with Crippen molar-refractivity contribution >= 4 is 28.1 Å². The average Bonchev–Trinajstić information content (AvgIpc) is 3.65. The molecule has 2 N–H and O–H groups in total. The molecule has 0 atom stereocenters. The zero-order chi connectivity index (χ0) is 30.3. The number of benzene rings is 1. The van der Waals surface area contributed by atoms with Crippen LogP contribution in [0, 0.1) is 0 Å². The van der Waals surface area contributed by atoms with Crippen LogP contribution < -0.4 is 20.1 Å². The number of rotatable bonds is 8. The number of pyridine rings is 1. The maximum absolute atomic E-state index is 13.5. The van der Waals surface area contributed by atoms with Gasteiger partial charge in [-0.3, -0.25) is 9.78 Å². The van der Waals surface area contributed by atoms with Gasteiger partial charge in [0.05, 0.1) is 41.2 Å². The van der Waals surface area contributed by atoms with Gasteiger partial charge in [-0.25, -0.2) is 23.0 Å². The molecule has 2 aliphatic heterocycles.